The molecular formula is C10H7F3O2. The molecule has 0 fully saturated rings. The molecular weight excluding hydrogens is 209 g/mol. The van der Waals surface area contributed by atoms with Crippen molar-refractivity contribution < 1.29 is 23.1 Å². The molecule has 15 heavy (non-hydrogen) atoms. The van der Waals surface area contributed by atoms with E-state index in [2.05, 4.69) is 6.58 Å². The quantitative estimate of drug-likeness (QED) is 0.621. The summed E-state index contributed by atoms with van der Waals surface area (Å²) in [5.41, 5.74) is -0.527. The maximum absolute atomic E-state index is 13.0. The normalized spacial score (nSPS) is 10.1. The summed E-state index contributed by atoms with van der Waals surface area (Å²) in [6.07, 6.45) is -0.363. The van der Waals surface area contributed by atoms with E-state index in [1.807, 2.05) is 0 Å². The number of rotatable bonds is 3. The van der Waals surface area contributed by atoms with E-state index in [1.54, 1.807) is 0 Å². The van der Waals surface area contributed by atoms with Crippen molar-refractivity contribution in [3.63, 3.8) is 0 Å². The molecule has 0 bridgehead atoms. The first-order valence-corrected chi connectivity index (χ1v) is 3.96. The fraction of sp³-hybridized carbons (Fsp3) is 0.100. The Kier molecular flexibility index (Phi) is 3.14. The van der Waals surface area contributed by atoms with Crippen LogP contribution in [0.5, 0.6) is 0 Å². The van der Waals surface area contributed by atoms with Gasteiger partial charge in [-0.1, -0.05) is 6.58 Å². The number of hydrogen-bond acceptors (Lipinski definition) is 1. The van der Waals surface area contributed by atoms with Gasteiger partial charge in [0.15, 0.2) is 11.6 Å². The summed E-state index contributed by atoms with van der Waals surface area (Å²) < 4.78 is 38.2. The van der Waals surface area contributed by atoms with Crippen LogP contribution in [0.4, 0.5) is 13.2 Å². The number of halogens is 3. The Hall–Kier alpha value is -1.78. The third kappa shape index (κ3) is 2.59. The lowest BCUT2D eigenvalue weighted by Gasteiger charge is -2.03. The molecule has 0 atom stereocenters. The highest BCUT2D eigenvalue weighted by Crippen LogP contribution is 2.16. The second-order valence-corrected chi connectivity index (χ2v) is 2.94. The Morgan fingerprint density at radius 2 is 1.73 bits per heavy atom. The van der Waals surface area contributed by atoms with Crippen LogP contribution in [-0.2, 0) is 11.2 Å². The third-order valence-corrected chi connectivity index (χ3v) is 1.80. The molecule has 0 radical (unpaired) electrons. The molecule has 1 aromatic rings. The molecule has 1 aromatic carbocycles. The second-order valence-electron chi connectivity index (χ2n) is 2.94. The number of carboxylic acid groups (broad SMARTS) is 1. The predicted octanol–water partition coefficient (Wildman–Crippen LogP) is 2.29. The highest BCUT2D eigenvalue weighted by Gasteiger charge is 2.13. The topological polar surface area (TPSA) is 37.3 Å². The van der Waals surface area contributed by atoms with Crippen molar-refractivity contribution in [3.8, 4) is 0 Å². The summed E-state index contributed by atoms with van der Waals surface area (Å²) in [6, 6.07) is 0.999. The van der Waals surface area contributed by atoms with Gasteiger partial charge >= 0.3 is 5.97 Å². The van der Waals surface area contributed by atoms with Gasteiger partial charge in [-0.05, 0) is 11.6 Å². The van der Waals surface area contributed by atoms with Crippen LogP contribution >= 0.6 is 0 Å². The molecule has 1 rings (SSSR count). The van der Waals surface area contributed by atoms with Gasteiger partial charge in [0.1, 0.15) is 5.82 Å². The minimum absolute atomic E-state index is 0.235. The molecule has 0 aliphatic heterocycles. The Morgan fingerprint density at radius 1 is 1.20 bits per heavy atom. The summed E-state index contributed by atoms with van der Waals surface area (Å²) in [4.78, 5) is 10.4. The monoisotopic (exact) mass is 216 g/mol. The Bertz CT molecular complexity index is 427. The van der Waals surface area contributed by atoms with Crippen molar-refractivity contribution in [2.45, 2.75) is 6.42 Å². The molecule has 0 unspecified atom stereocenters. The first-order valence-electron chi connectivity index (χ1n) is 3.96. The lowest BCUT2D eigenvalue weighted by atomic mass is 10.1. The number of benzene rings is 1. The van der Waals surface area contributed by atoms with Crippen molar-refractivity contribution in [1.82, 2.24) is 0 Å². The van der Waals surface area contributed by atoms with Crippen molar-refractivity contribution >= 4 is 5.97 Å². The summed E-state index contributed by atoms with van der Waals surface area (Å²) in [7, 11) is 0. The van der Waals surface area contributed by atoms with Gasteiger partial charge in [0.05, 0.1) is 0 Å². The Balaban J connectivity index is 3.01. The highest BCUT2D eigenvalue weighted by atomic mass is 19.2. The van der Waals surface area contributed by atoms with Crippen LogP contribution in [-0.4, -0.2) is 11.1 Å². The van der Waals surface area contributed by atoms with E-state index < -0.39 is 23.4 Å². The van der Waals surface area contributed by atoms with Crippen LogP contribution in [0.2, 0.25) is 0 Å². The maximum Gasteiger partial charge on any atom is 0.331 e. The van der Waals surface area contributed by atoms with Gasteiger partial charge in [0.2, 0.25) is 0 Å². The van der Waals surface area contributed by atoms with Crippen LogP contribution in [0.3, 0.4) is 0 Å². The van der Waals surface area contributed by atoms with Gasteiger partial charge in [-0.3, -0.25) is 0 Å². The van der Waals surface area contributed by atoms with E-state index >= 15 is 0 Å². The number of carboxylic acids is 1. The third-order valence-electron chi connectivity index (χ3n) is 1.80. The van der Waals surface area contributed by atoms with E-state index in [1.165, 1.54) is 0 Å². The fourth-order valence-corrected chi connectivity index (χ4v) is 1.00. The van der Waals surface area contributed by atoms with Crippen LogP contribution in [0.25, 0.3) is 0 Å². The van der Waals surface area contributed by atoms with Gasteiger partial charge in [0, 0.05) is 18.1 Å². The van der Waals surface area contributed by atoms with E-state index in [4.69, 9.17) is 5.11 Å². The summed E-state index contributed by atoms with van der Waals surface area (Å²) in [5.74, 6) is -4.82. The minimum atomic E-state index is -1.31. The zero-order chi connectivity index (χ0) is 11.6. The van der Waals surface area contributed by atoms with E-state index in [0.717, 1.165) is 0 Å². The predicted molar refractivity (Wildman–Crippen MR) is 46.8 cm³/mol. The van der Waals surface area contributed by atoms with Gasteiger partial charge in [0.25, 0.3) is 0 Å². The SMILES string of the molecule is C=C(Cc1cc(F)c(F)cc1F)C(=O)O. The standard InChI is InChI=1S/C10H7F3O2/c1-5(10(14)15)2-6-3-8(12)9(13)4-7(6)11/h3-4H,1-2H2,(H,14,15). The molecule has 5 heteroatoms. The zero-order valence-corrected chi connectivity index (χ0v) is 7.56. The molecule has 0 spiro atoms. The minimum Gasteiger partial charge on any atom is -0.478 e. The van der Waals surface area contributed by atoms with E-state index in [-0.39, 0.29) is 17.6 Å². The molecule has 0 aliphatic carbocycles. The van der Waals surface area contributed by atoms with Crippen LogP contribution < -0.4 is 0 Å². The number of carbonyl (C=O) groups is 1. The molecule has 0 aliphatic rings. The van der Waals surface area contributed by atoms with Crippen LogP contribution in [0.1, 0.15) is 5.56 Å². The Labute approximate surface area is 83.7 Å². The molecule has 0 heterocycles. The molecule has 1 N–H and O–H groups in total. The summed E-state index contributed by atoms with van der Waals surface area (Å²) >= 11 is 0. The van der Waals surface area contributed by atoms with E-state index in [9.17, 15) is 18.0 Å². The smallest absolute Gasteiger partial charge is 0.331 e. The van der Waals surface area contributed by atoms with Crippen LogP contribution in [0.15, 0.2) is 24.3 Å². The first kappa shape index (κ1) is 11.3. The molecule has 2 nitrogen and oxygen atoms in total. The van der Waals surface area contributed by atoms with Crippen LogP contribution in [0, 0.1) is 17.5 Å². The van der Waals surface area contributed by atoms with E-state index in [0.29, 0.717) is 12.1 Å². The maximum atomic E-state index is 13.0. The second kappa shape index (κ2) is 4.16. The highest BCUT2D eigenvalue weighted by molar-refractivity contribution is 5.86. The van der Waals surface area contributed by atoms with Crippen molar-refractivity contribution in [2.75, 3.05) is 0 Å². The van der Waals surface area contributed by atoms with Gasteiger partial charge in [-0.15, -0.1) is 0 Å². The molecule has 0 saturated carbocycles. The summed E-state index contributed by atoms with van der Waals surface area (Å²) in [6.45, 7) is 3.16. The fourth-order valence-electron chi connectivity index (χ4n) is 1.00. The lowest BCUT2D eigenvalue weighted by molar-refractivity contribution is -0.132. The van der Waals surface area contributed by atoms with Crippen molar-refractivity contribution in [3.05, 3.63) is 47.3 Å². The summed E-state index contributed by atoms with van der Waals surface area (Å²) in [5, 5.41) is 8.47. The molecule has 0 amide bonds. The Morgan fingerprint density at radius 3 is 2.27 bits per heavy atom. The largest absolute Gasteiger partial charge is 0.478 e. The number of aliphatic carboxylic acids is 1. The molecule has 0 aromatic heterocycles. The van der Waals surface area contributed by atoms with Gasteiger partial charge in [-0.2, -0.15) is 0 Å². The number of hydrogen-bond donors (Lipinski definition) is 1. The van der Waals surface area contributed by atoms with Crippen molar-refractivity contribution in [1.29, 1.82) is 0 Å². The van der Waals surface area contributed by atoms with Gasteiger partial charge in [-0.25, -0.2) is 18.0 Å². The average molecular weight is 216 g/mol. The zero-order valence-electron chi connectivity index (χ0n) is 7.56. The van der Waals surface area contributed by atoms with Gasteiger partial charge < -0.3 is 5.11 Å². The lowest BCUT2D eigenvalue weighted by Crippen LogP contribution is -2.04. The average Bonchev–Trinajstić information content (AvgIpc) is 2.13. The molecule has 0 saturated heterocycles. The first-order chi connectivity index (χ1) is 6.91. The van der Waals surface area contributed by atoms with Crippen molar-refractivity contribution in [2.24, 2.45) is 0 Å². The molecule has 80 valence electrons.